The summed E-state index contributed by atoms with van der Waals surface area (Å²) < 4.78 is 2.14. The van der Waals surface area contributed by atoms with E-state index in [0.29, 0.717) is 11.8 Å². The molecule has 31 heavy (non-hydrogen) atoms. The number of nitrogens with zero attached hydrogens (tertiary/aromatic N) is 2. The highest BCUT2D eigenvalue weighted by molar-refractivity contribution is 5.35. The maximum atomic E-state index is 12.1. The van der Waals surface area contributed by atoms with Crippen LogP contribution in [0.15, 0.2) is 79.1 Å². The van der Waals surface area contributed by atoms with E-state index in [-0.39, 0.29) is 0 Å². The average molecular weight is 415 g/mol. The molecule has 0 radical (unpaired) electrons. The molecule has 1 unspecified atom stereocenters. The van der Waals surface area contributed by atoms with Gasteiger partial charge in [0.25, 0.3) is 0 Å². The zero-order valence-corrected chi connectivity index (χ0v) is 18.4. The fourth-order valence-electron chi connectivity index (χ4n) is 5.95. The molecule has 1 aromatic heterocycles. The van der Waals surface area contributed by atoms with Gasteiger partial charge in [-0.1, -0.05) is 55.3 Å². The lowest BCUT2D eigenvalue weighted by Gasteiger charge is -2.45. The molecule has 3 nitrogen and oxygen atoms in total. The van der Waals surface area contributed by atoms with Crippen molar-refractivity contribution in [3.05, 3.63) is 90.3 Å². The molecule has 162 valence electrons. The second-order valence-corrected chi connectivity index (χ2v) is 9.48. The van der Waals surface area contributed by atoms with Crippen LogP contribution in [-0.4, -0.2) is 27.7 Å². The van der Waals surface area contributed by atoms with E-state index in [1.54, 1.807) is 0 Å². The number of aliphatic hydroxyl groups is 1. The quantitative estimate of drug-likeness (QED) is 0.555. The molecule has 1 N–H and O–H groups in total. The number of aromatic nitrogens is 1. The predicted octanol–water partition coefficient (Wildman–Crippen LogP) is 5.77. The Kier molecular flexibility index (Phi) is 5.97. The van der Waals surface area contributed by atoms with Crippen molar-refractivity contribution in [2.75, 3.05) is 13.1 Å². The van der Waals surface area contributed by atoms with Gasteiger partial charge in [-0.25, -0.2) is 0 Å². The van der Waals surface area contributed by atoms with Gasteiger partial charge in [-0.05, 0) is 86.0 Å². The first-order valence-corrected chi connectivity index (χ1v) is 12.0. The number of benzene rings is 2. The molecule has 0 spiro atoms. The number of hydrogen-bond acceptors (Lipinski definition) is 2. The van der Waals surface area contributed by atoms with Crippen LogP contribution in [-0.2, 0) is 12.1 Å². The zero-order chi connectivity index (χ0) is 21.1. The molecule has 1 saturated heterocycles. The van der Waals surface area contributed by atoms with Crippen LogP contribution < -0.4 is 0 Å². The Balaban J connectivity index is 1.24. The molecule has 3 aromatic rings. The summed E-state index contributed by atoms with van der Waals surface area (Å²) in [5, 5.41) is 12.1. The first kappa shape index (κ1) is 20.5. The first-order chi connectivity index (χ1) is 15.2. The lowest BCUT2D eigenvalue weighted by atomic mass is 9.68. The molecule has 1 aliphatic carbocycles. The number of hydrogen-bond donors (Lipinski definition) is 1. The third-order valence-electron chi connectivity index (χ3n) is 7.67. The third kappa shape index (κ3) is 4.22. The Morgan fingerprint density at radius 3 is 2.00 bits per heavy atom. The van der Waals surface area contributed by atoms with E-state index >= 15 is 0 Å². The standard InChI is InChI=1S/C28H34N2O/c31-28(25-10-4-5-11-25,24-8-2-1-3-9-24)26-16-20-29(21-17-26)22-23-12-14-27(15-13-23)30-18-6-7-19-30/h1-3,6-9,12-15,18-19,25-26,31H,4-5,10-11,16-17,20-22H2. The minimum absolute atomic E-state index is 0.352. The smallest absolute Gasteiger partial charge is 0.0953 e. The summed E-state index contributed by atoms with van der Waals surface area (Å²) in [6, 6.07) is 23.5. The topological polar surface area (TPSA) is 28.4 Å². The van der Waals surface area contributed by atoms with Crippen molar-refractivity contribution in [1.82, 2.24) is 9.47 Å². The summed E-state index contributed by atoms with van der Waals surface area (Å²) in [5.41, 5.74) is 3.05. The van der Waals surface area contributed by atoms with Gasteiger partial charge in [0.05, 0.1) is 5.60 Å². The zero-order valence-electron chi connectivity index (χ0n) is 18.4. The molecule has 0 amide bonds. The highest BCUT2D eigenvalue weighted by Crippen LogP contribution is 2.48. The number of piperidine rings is 1. The first-order valence-electron chi connectivity index (χ1n) is 12.0. The van der Waals surface area contributed by atoms with Gasteiger partial charge in [0.15, 0.2) is 0 Å². The summed E-state index contributed by atoms with van der Waals surface area (Å²) in [5.74, 6) is 0.762. The van der Waals surface area contributed by atoms with Gasteiger partial charge in [0.2, 0.25) is 0 Å². The van der Waals surface area contributed by atoms with Crippen molar-refractivity contribution < 1.29 is 5.11 Å². The van der Waals surface area contributed by atoms with Gasteiger partial charge in [-0.2, -0.15) is 0 Å². The maximum absolute atomic E-state index is 12.1. The lowest BCUT2D eigenvalue weighted by Crippen LogP contribution is -2.47. The van der Waals surface area contributed by atoms with Crippen LogP contribution in [0.2, 0.25) is 0 Å². The molecule has 2 fully saturated rings. The minimum atomic E-state index is -0.664. The van der Waals surface area contributed by atoms with Gasteiger partial charge in [0.1, 0.15) is 0 Å². The van der Waals surface area contributed by atoms with Crippen molar-refractivity contribution in [2.24, 2.45) is 11.8 Å². The van der Waals surface area contributed by atoms with Crippen LogP contribution in [0.25, 0.3) is 5.69 Å². The lowest BCUT2D eigenvalue weighted by molar-refractivity contribution is -0.0938. The Morgan fingerprint density at radius 2 is 1.35 bits per heavy atom. The van der Waals surface area contributed by atoms with E-state index in [2.05, 4.69) is 88.6 Å². The molecular formula is C28H34N2O. The van der Waals surface area contributed by atoms with Gasteiger partial charge in [0, 0.05) is 24.6 Å². The van der Waals surface area contributed by atoms with E-state index in [9.17, 15) is 5.11 Å². The highest BCUT2D eigenvalue weighted by Gasteiger charge is 2.46. The summed E-state index contributed by atoms with van der Waals surface area (Å²) in [6.45, 7) is 3.11. The van der Waals surface area contributed by atoms with Crippen LogP contribution in [0.1, 0.15) is 49.7 Å². The molecule has 1 aliphatic heterocycles. The minimum Gasteiger partial charge on any atom is -0.385 e. The molecule has 3 heteroatoms. The summed E-state index contributed by atoms with van der Waals surface area (Å²) in [7, 11) is 0. The Morgan fingerprint density at radius 1 is 0.742 bits per heavy atom. The molecule has 2 aliphatic rings. The largest absolute Gasteiger partial charge is 0.385 e. The summed E-state index contributed by atoms with van der Waals surface area (Å²) >= 11 is 0. The second-order valence-electron chi connectivity index (χ2n) is 9.48. The highest BCUT2D eigenvalue weighted by atomic mass is 16.3. The normalized spacial score (nSPS) is 20.7. The molecule has 1 atom stereocenters. The molecule has 0 bridgehead atoms. The van der Waals surface area contributed by atoms with E-state index in [1.165, 1.54) is 36.9 Å². The SMILES string of the molecule is OC(c1ccccc1)(C1CCCC1)C1CCN(Cc2ccc(-n3cccc3)cc2)CC1. The molecular weight excluding hydrogens is 380 g/mol. The van der Waals surface area contributed by atoms with Gasteiger partial charge in [-0.3, -0.25) is 4.90 Å². The van der Waals surface area contributed by atoms with Crippen LogP contribution in [0, 0.1) is 11.8 Å². The van der Waals surface area contributed by atoms with E-state index < -0.39 is 5.60 Å². The number of rotatable bonds is 6. The van der Waals surface area contributed by atoms with Crippen LogP contribution >= 0.6 is 0 Å². The monoisotopic (exact) mass is 414 g/mol. The predicted molar refractivity (Wildman–Crippen MR) is 126 cm³/mol. The van der Waals surface area contributed by atoms with Crippen molar-refractivity contribution >= 4 is 0 Å². The van der Waals surface area contributed by atoms with Crippen molar-refractivity contribution in [1.29, 1.82) is 0 Å². The van der Waals surface area contributed by atoms with E-state index in [0.717, 1.165) is 38.0 Å². The summed E-state index contributed by atoms with van der Waals surface area (Å²) in [4.78, 5) is 2.56. The molecule has 5 rings (SSSR count). The fourth-order valence-corrected chi connectivity index (χ4v) is 5.95. The maximum Gasteiger partial charge on any atom is 0.0953 e. The Labute approximate surface area is 186 Å². The van der Waals surface area contributed by atoms with Gasteiger partial charge in [-0.15, -0.1) is 0 Å². The second kappa shape index (κ2) is 9.02. The van der Waals surface area contributed by atoms with E-state index in [1.807, 2.05) is 0 Å². The van der Waals surface area contributed by atoms with Crippen molar-refractivity contribution in [2.45, 2.75) is 50.7 Å². The average Bonchev–Trinajstić information content (AvgIpc) is 3.55. The molecule has 1 saturated carbocycles. The van der Waals surface area contributed by atoms with Crippen LogP contribution in [0.3, 0.4) is 0 Å². The summed E-state index contributed by atoms with van der Waals surface area (Å²) in [6.07, 6.45) is 11.2. The van der Waals surface area contributed by atoms with Crippen LogP contribution in [0.4, 0.5) is 0 Å². The van der Waals surface area contributed by atoms with E-state index in [4.69, 9.17) is 0 Å². The number of likely N-dealkylation sites (tertiary alicyclic amines) is 1. The Hall–Kier alpha value is -2.36. The van der Waals surface area contributed by atoms with Crippen molar-refractivity contribution in [3.63, 3.8) is 0 Å². The fraction of sp³-hybridized carbons (Fsp3) is 0.429. The van der Waals surface area contributed by atoms with Gasteiger partial charge < -0.3 is 9.67 Å². The third-order valence-corrected chi connectivity index (χ3v) is 7.67. The van der Waals surface area contributed by atoms with Gasteiger partial charge >= 0.3 is 0 Å². The van der Waals surface area contributed by atoms with Crippen molar-refractivity contribution in [3.8, 4) is 5.69 Å². The molecule has 2 aromatic carbocycles. The van der Waals surface area contributed by atoms with Crippen LogP contribution in [0.5, 0.6) is 0 Å². The Bertz CT molecular complexity index is 936. The molecule has 2 heterocycles.